The van der Waals surface area contributed by atoms with Gasteiger partial charge in [-0.1, -0.05) is 37.0 Å². The van der Waals surface area contributed by atoms with Crippen LogP contribution in [-0.2, 0) is 22.9 Å². The molecular formula is C13H15Cl2N3O2S. The summed E-state index contributed by atoms with van der Waals surface area (Å²) in [5.41, 5.74) is 1.52. The van der Waals surface area contributed by atoms with Gasteiger partial charge in [0.25, 0.3) is 0 Å². The number of aryl methyl sites for hydroxylation is 1. The van der Waals surface area contributed by atoms with Gasteiger partial charge in [-0.15, -0.1) is 0 Å². The third kappa shape index (κ3) is 3.08. The molecule has 0 aliphatic rings. The molecule has 2 aromatic rings. The number of nitrogens with zero attached hydrogens (tertiary/aromatic N) is 2. The average molecular weight is 348 g/mol. The molecule has 0 saturated carbocycles. The van der Waals surface area contributed by atoms with Gasteiger partial charge in [-0.3, -0.25) is 0 Å². The largest absolute Gasteiger partial charge is 0.241 e. The van der Waals surface area contributed by atoms with Crippen LogP contribution in [0.1, 0.15) is 25.2 Å². The van der Waals surface area contributed by atoms with E-state index in [0.29, 0.717) is 40.0 Å². The summed E-state index contributed by atoms with van der Waals surface area (Å²) in [5.74, 6) is 0. The van der Waals surface area contributed by atoms with E-state index in [1.807, 2.05) is 13.8 Å². The van der Waals surface area contributed by atoms with E-state index in [9.17, 15) is 8.42 Å². The van der Waals surface area contributed by atoms with Crippen molar-refractivity contribution >= 4 is 33.2 Å². The van der Waals surface area contributed by atoms with Crippen molar-refractivity contribution in [1.29, 1.82) is 0 Å². The summed E-state index contributed by atoms with van der Waals surface area (Å²) in [7, 11) is -3.85. The van der Waals surface area contributed by atoms with Crippen molar-refractivity contribution in [1.82, 2.24) is 9.78 Å². The van der Waals surface area contributed by atoms with Crippen molar-refractivity contribution in [3.63, 3.8) is 0 Å². The standard InChI is InChI=1S/C13H15Cl2N3O2S/c1-3-10-13(21(16,19)20)11(4-2)18(17-10)12-6-5-8(14)7-9(12)15/h5-7H,3-4H2,1-2H3,(H2,16,19,20). The fourth-order valence-corrected chi connectivity index (χ4v) is 3.77. The lowest BCUT2D eigenvalue weighted by atomic mass is 10.2. The quantitative estimate of drug-likeness (QED) is 0.923. The van der Waals surface area contributed by atoms with Crippen molar-refractivity contribution in [3.8, 4) is 5.69 Å². The van der Waals surface area contributed by atoms with Gasteiger partial charge in [0.1, 0.15) is 4.90 Å². The topological polar surface area (TPSA) is 78.0 Å². The van der Waals surface area contributed by atoms with Gasteiger partial charge in [-0.25, -0.2) is 18.2 Å². The van der Waals surface area contributed by atoms with Gasteiger partial charge < -0.3 is 0 Å². The van der Waals surface area contributed by atoms with E-state index in [1.165, 1.54) is 4.68 Å². The second-order valence-corrected chi connectivity index (χ2v) is 6.82. The lowest BCUT2D eigenvalue weighted by Crippen LogP contribution is -2.16. The van der Waals surface area contributed by atoms with Crippen LogP contribution < -0.4 is 5.14 Å². The van der Waals surface area contributed by atoms with E-state index in [0.717, 1.165) is 0 Å². The van der Waals surface area contributed by atoms with Crippen LogP contribution in [0, 0.1) is 0 Å². The molecule has 0 unspecified atom stereocenters. The maximum atomic E-state index is 11.8. The van der Waals surface area contributed by atoms with Gasteiger partial charge in [0, 0.05) is 5.02 Å². The van der Waals surface area contributed by atoms with E-state index >= 15 is 0 Å². The van der Waals surface area contributed by atoms with Gasteiger partial charge >= 0.3 is 0 Å². The van der Waals surface area contributed by atoms with Crippen molar-refractivity contribution in [2.24, 2.45) is 5.14 Å². The van der Waals surface area contributed by atoms with Crippen molar-refractivity contribution in [3.05, 3.63) is 39.6 Å². The van der Waals surface area contributed by atoms with Crippen LogP contribution in [0.5, 0.6) is 0 Å². The molecule has 2 N–H and O–H groups in total. The van der Waals surface area contributed by atoms with E-state index in [-0.39, 0.29) is 4.90 Å². The van der Waals surface area contributed by atoms with Gasteiger partial charge in [0.2, 0.25) is 10.0 Å². The fraction of sp³-hybridized carbons (Fsp3) is 0.308. The zero-order valence-electron chi connectivity index (χ0n) is 11.6. The molecule has 2 rings (SSSR count). The first-order valence-electron chi connectivity index (χ1n) is 6.38. The van der Waals surface area contributed by atoms with E-state index in [2.05, 4.69) is 5.10 Å². The van der Waals surface area contributed by atoms with Crippen LogP contribution in [0.3, 0.4) is 0 Å². The lowest BCUT2D eigenvalue weighted by Gasteiger charge is -2.09. The Kier molecular flexibility index (Phi) is 4.63. The van der Waals surface area contributed by atoms with Gasteiger partial charge in [0.05, 0.1) is 22.1 Å². The van der Waals surface area contributed by atoms with Crippen LogP contribution in [0.15, 0.2) is 23.1 Å². The number of hydrogen-bond donors (Lipinski definition) is 1. The van der Waals surface area contributed by atoms with Crippen LogP contribution in [0.2, 0.25) is 10.0 Å². The molecule has 0 bridgehead atoms. The van der Waals surface area contributed by atoms with E-state index < -0.39 is 10.0 Å². The highest BCUT2D eigenvalue weighted by Crippen LogP contribution is 2.29. The molecule has 0 atom stereocenters. The third-order valence-corrected chi connectivity index (χ3v) is 4.67. The maximum absolute atomic E-state index is 11.8. The van der Waals surface area contributed by atoms with Crippen molar-refractivity contribution in [2.75, 3.05) is 0 Å². The Morgan fingerprint density at radius 3 is 2.38 bits per heavy atom. The molecule has 0 fully saturated rings. The summed E-state index contributed by atoms with van der Waals surface area (Å²) < 4.78 is 25.2. The number of sulfonamides is 1. The average Bonchev–Trinajstić information content (AvgIpc) is 2.77. The Labute approximate surface area is 133 Å². The van der Waals surface area contributed by atoms with Crippen molar-refractivity contribution in [2.45, 2.75) is 31.6 Å². The van der Waals surface area contributed by atoms with Gasteiger partial charge in [-0.2, -0.15) is 5.10 Å². The Balaban J connectivity index is 2.79. The second kappa shape index (κ2) is 5.96. The van der Waals surface area contributed by atoms with Gasteiger partial charge in [-0.05, 0) is 31.0 Å². The lowest BCUT2D eigenvalue weighted by molar-refractivity contribution is 0.595. The molecule has 1 aromatic heterocycles. The molecule has 0 aliphatic heterocycles. The molecule has 0 amide bonds. The first-order chi connectivity index (χ1) is 9.79. The molecule has 114 valence electrons. The molecule has 21 heavy (non-hydrogen) atoms. The van der Waals surface area contributed by atoms with Crippen molar-refractivity contribution < 1.29 is 8.42 Å². The minimum Gasteiger partial charge on any atom is -0.235 e. The molecule has 5 nitrogen and oxygen atoms in total. The number of nitrogens with two attached hydrogens (primary N) is 1. The normalized spacial score (nSPS) is 11.9. The maximum Gasteiger partial charge on any atom is 0.241 e. The predicted octanol–water partition coefficient (Wildman–Crippen LogP) is 2.95. The summed E-state index contributed by atoms with van der Waals surface area (Å²) in [6.07, 6.45) is 0.911. The number of halogens is 2. The molecule has 1 heterocycles. The van der Waals surface area contributed by atoms with Crippen LogP contribution in [0.25, 0.3) is 5.69 Å². The zero-order chi connectivity index (χ0) is 15.8. The Morgan fingerprint density at radius 1 is 1.24 bits per heavy atom. The van der Waals surface area contributed by atoms with Crippen LogP contribution in [-0.4, -0.2) is 18.2 Å². The molecule has 0 aliphatic carbocycles. The fourth-order valence-electron chi connectivity index (χ4n) is 2.21. The monoisotopic (exact) mass is 347 g/mol. The first-order valence-corrected chi connectivity index (χ1v) is 8.68. The zero-order valence-corrected chi connectivity index (χ0v) is 13.9. The Bertz CT molecular complexity index is 785. The summed E-state index contributed by atoms with van der Waals surface area (Å²) in [4.78, 5) is 0.0820. The predicted molar refractivity (Wildman–Crippen MR) is 83.7 cm³/mol. The SMILES string of the molecule is CCc1nn(-c2ccc(Cl)cc2Cl)c(CC)c1S(N)(=O)=O. The summed E-state index contributed by atoms with van der Waals surface area (Å²) in [6, 6.07) is 4.96. The molecule has 0 saturated heterocycles. The Hall–Kier alpha value is -1.08. The molecular weight excluding hydrogens is 333 g/mol. The molecule has 0 radical (unpaired) electrons. The Morgan fingerprint density at radius 2 is 1.90 bits per heavy atom. The highest BCUT2D eigenvalue weighted by atomic mass is 35.5. The number of primary sulfonamides is 1. The number of aromatic nitrogens is 2. The summed E-state index contributed by atoms with van der Waals surface area (Å²) in [5, 5.41) is 10.6. The third-order valence-electron chi connectivity index (χ3n) is 3.09. The number of benzene rings is 1. The highest BCUT2D eigenvalue weighted by molar-refractivity contribution is 7.89. The minimum atomic E-state index is -3.85. The van der Waals surface area contributed by atoms with Gasteiger partial charge in [0.15, 0.2) is 0 Å². The number of hydrogen-bond acceptors (Lipinski definition) is 3. The first kappa shape index (κ1) is 16.3. The highest BCUT2D eigenvalue weighted by Gasteiger charge is 2.25. The van der Waals surface area contributed by atoms with E-state index in [4.69, 9.17) is 28.3 Å². The molecule has 8 heteroatoms. The molecule has 0 spiro atoms. The minimum absolute atomic E-state index is 0.0820. The number of rotatable bonds is 4. The van der Waals surface area contributed by atoms with Crippen LogP contribution in [0.4, 0.5) is 0 Å². The van der Waals surface area contributed by atoms with Crippen LogP contribution >= 0.6 is 23.2 Å². The second-order valence-electron chi connectivity index (χ2n) is 4.48. The smallest absolute Gasteiger partial charge is 0.235 e. The summed E-state index contributed by atoms with van der Waals surface area (Å²) >= 11 is 12.1. The summed E-state index contributed by atoms with van der Waals surface area (Å²) in [6.45, 7) is 3.66. The van der Waals surface area contributed by atoms with E-state index in [1.54, 1.807) is 18.2 Å². The molecule has 1 aromatic carbocycles.